The highest BCUT2D eigenvalue weighted by molar-refractivity contribution is 7.09. The van der Waals surface area contributed by atoms with Crippen LogP contribution in [0.1, 0.15) is 49.9 Å². The third-order valence-electron chi connectivity index (χ3n) is 4.66. The van der Waals surface area contributed by atoms with Gasteiger partial charge in [-0.3, -0.25) is 14.7 Å². The number of carbonyl (C=O) groups is 1. The molecule has 2 saturated heterocycles. The number of aromatic nitrogens is 1. The fourth-order valence-corrected chi connectivity index (χ4v) is 4.63. The quantitative estimate of drug-likeness (QED) is 0.921. The fourth-order valence-electron chi connectivity index (χ4n) is 3.95. The summed E-state index contributed by atoms with van der Waals surface area (Å²) < 4.78 is 0. The highest BCUT2D eigenvalue weighted by Crippen LogP contribution is 2.44. The van der Waals surface area contributed by atoms with Gasteiger partial charge < -0.3 is 5.11 Å². The normalized spacial score (nSPS) is 32.4. The molecule has 5 heteroatoms. The second-order valence-electron chi connectivity index (χ2n) is 5.85. The number of rotatable bonds is 4. The van der Waals surface area contributed by atoms with E-state index in [0.29, 0.717) is 30.5 Å². The Morgan fingerprint density at radius 2 is 2.21 bits per heavy atom. The van der Waals surface area contributed by atoms with E-state index in [9.17, 15) is 4.79 Å². The highest BCUT2D eigenvalue weighted by Gasteiger charge is 2.43. The van der Waals surface area contributed by atoms with Gasteiger partial charge in [-0.2, -0.15) is 0 Å². The third kappa shape index (κ3) is 2.54. The van der Waals surface area contributed by atoms with E-state index >= 15 is 0 Å². The molecule has 104 valence electrons. The maximum Gasteiger partial charge on any atom is 0.303 e. The third-order valence-corrected chi connectivity index (χ3v) is 5.61. The summed E-state index contributed by atoms with van der Waals surface area (Å²) in [7, 11) is 0. The summed E-state index contributed by atoms with van der Waals surface area (Å²) in [4.78, 5) is 19.0. The molecule has 1 aromatic rings. The standard InChI is InChI=1S/C14H20N2O2S/c1-9(13-7-15-8-19-13)16-11-2-3-12(16)5-10(4-11)6-14(17)18/h7-12H,2-6H2,1H3,(H,17,18). The molecular formula is C14H20N2O2S. The van der Waals surface area contributed by atoms with E-state index in [2.05, 4.69) is 16.8 Å². The monoisotopic (exact) mass is 280 g/mol. The minimum Gasteiger partial charge on any atom is -0.481 e. The van der Waals surface area contributed by atoms with Gasteiger partial charge in [0.25, 0.3) is 0 Å². The molecule has 3 rings (SSSR count). The molecule has 1 N–H and O–H groups in total. The van der Waals surface area contributed by atoms with Gasteiger partial charge in [0.15, 0.2) is 0 Å². The van der Waals surface area contributed by atoms with Crippen molar-refractivity contribution in [3.8, 4) is 0 Å². The second kappa shape index (κ2) is 5.21. The molecule has 3 heterocycles. The lowest BCUT2D eigenvalue weighted by Gasteiger charge is -2.41. The largest absolute Gasteiger partial charge is 0.481 e. The van der Waals surface area contributed by atoms with Crippen LogP contribution in [-0.4, -0.2) is 33.0 Å². The molecule has 1 aromatic heterocycles. The number of piperidine rings is 1. The molecule has 0 radical (unpaired) electrons. The van der Waals surface area contributed by atoms with E-state index in [1.807, 2.05) is 11.7 Å². The Hall–Kier alpha value is -0.940. The van der Waals surface area contributed by atoms with E-state index in [-0.39, 0.29) is 0 Å². The highest BCUT2D eigenvalue weighted by atomic mass is 32.1. The van der Waals surface area contributed by atoms with E-state index < -0.39 is 5.97 Å². The summed E-state index contributed by atoms with van der Waals surface area (Å²) in [5.41, 5.74) is 1.89. The number of thiazole rings is 1. The molecule has 2 bridgehead atoms. The molecule has 19 heavy (non-hydrogen) atoms. The van der Waals surface area contributed by atoms with Crippen LogP contribution >= 0.6 is 11.3 Å². The Morgan fingerprint density at radius 1 is 1.53 bits per heavy atom. The van der Waals surface area contributed by atoms with Gasteiger partial charge in [-0.25, -0.2) is 0 Å². The van der Waals surface area contributed by atoms with E-state index in [1.165, 1.54) is 17.7 Å². The van der Waals surface area contributed by atoms with Crippen LogP contribution in [0.2, 0.25) is 0 Å². The first-order chi connectivity index (χ1) is 9.15. The van der Waals surface area contributed by atoms with Crippen molar-refractivity contribution < 1.29 is 9.90 Å². The zero-order valence-electron chi connectivity index (χ0n) is 11.2. The smallest absolute Gasteiger partial charge is 0.303 e. The number of carboxylic acids is 1. The van der Waals surface area contributed by atoms with Crippen LogP contribution in [0, 0.1) is 5.92 Å². The maximum atomic E-state index is 10.9. The van der Waals surface area contributed by atoms with Gasteiger partial charge in [0.1, 0.15) is 0 Å². The molecule has 3 atom stereocenters. The number of hydrogen-bond acceptors (Lipinski definition) is 4. The predicted molar refractivity (Wildman–Crippen MR) is 74.2 cm³/mol. The molecule has 2 aliphatic rings. The average molecular weight is 280 g/mol. The van der Waals surface area contributed by atoms with Crippen molar-refractivity contribution in [3.05, 3.63) is 16.6 Å². The van der Waals surface area contributed by atoms with Gasteiger partial charge >= 0.3 is 5.97 Å². The lowest BCUT2D eigenvalue weighted by molar-refractivity contribution is -0.138. The van der Waals surface area contributed by atoms with Crippen molar-refractivity contribution in [2.75, 3.05) is 0 Å². The van der Waals surface area contributed by atoms with Crippen LogP contribution in [-0.2, 0) is 4.79 Å². The van der Waals surface area contributed by atoms with Crippen molar-refractivity contribution >= 4 is 17.3 Å². The molecular weight excluding hydrogens is 260 g/mol. The van der Waals surface area contributed by atoms with Gasteiger partial charge in [-0.1, -0.05) is 0 Å². The van der Waals surface area contributed by atoms with Crippen molar-refractivity contribution in [1.29, 1.82) is 0 Å². The van der Waals surface area contributed by atoms with Gasteiger partial charge in [0, 0.05) is 35.6 Å². The Kier molecular flexibility index (Phi) is 3.58. The van der Waals surface area contributed by atoms with E-state index in [4.69, 9.17) is 5.11 Å². The summed E-state index contributed by atoms with van der Waals surface area (Å²) in [6.07, 6.45) is 6.86. The minimum atomic E-state index is -0.645. The van der Waals surface area contributed by atoms with Crippen molar-refractivity contribution in [1.82, 2.24) is 9.88 Å². The summed E-state index contributed by atoms with van der Waals surface area (Å²) in [6.45, 7) is 2.26. The fraction of sp³-hybridized carbons (Fsp3) is 0.714. The van der Waals surface area contributed by atoms with Crippen molar-refractivity contribution in [2.24, 2.45) is 5.92 Å². The molecule has 2 fully saturated rings. The Bertz CT molecular complexity index is 434. The average Bonchev–Trinajstić information content (AvgIpc) is 2.95. The predicted octanol–water partition coefficient (Wildman–Crippen LogP) is 2.92. The van der Waals surface area contributed by atoms with Gasteiger partial charge in [-0.05, 0) is 38.5 Å². The van der Waals surface area contributed by atoms with Crippen LogP contribution in [0.25, 0.3) is 0 Å². The second-order valence-corrected chi connectivity index (χ2v) is 6.77. The molecule has 2 aliphatic heterocycles. The summed E-state index contributed by atoms with van der Waals surface area (Å²) in [5.74, 6) is -0.270. The molecule has 3 unspecified atom stereocenters. The summed E-state index contributed by atoms with van der Waals surface area (Å²) in [6, 6.07) is 1.57. The summed E-state index contributed by atoms with van der Waals surface area (Å²) >= 11 is 1.72. The van der Waals surface area contributed by atoms with Crippen LogP contribution in [0.3, 0.4) is 0 Å². The first kappa shape index (κ1) is 13.1. The van der Waals surface area contributed by atoms with E-state index in [0.717, 1.165) is 12.8 Å². The van der Waals surface area contributed by atoms with Crippen LogP contribution < -0.4 is 0 Å². The minimum absolute atomic E-state index is 0.343. The molecule has 0 aromatic carbocycles. The Labute approximate surface area is 117 Å². The maximum absolute atomic E-state index is 10.9. The number of carboxylic acid groups (broad SMARTS) is 1. The van der Waals surface area contributed by atoms with Crippen molar-refractivity contribution in [3.63, 3.8) is 0 Å². The Balaban J connectivity index is 1.71. The topological polar surface area (TPSA) is 53.4 Å². The number of hydrogen-bond donors (Lipinski definition) is 1. The van der Waals surface area contributed by atoms with Gasteiger partial charge in [-0.15, -0.1) is 11.3 Å². The SMILES string of the molecule is CC(c1cncs1)N1C2CCC1CC(CC(=O)O)C2. The lowest BCUT2D eigenvalue weighted by atomic mass is 9.87. The van der Waals surface area contributed by atoms with Crippen LogP contribution in [0.15, 0.2) is 11.7 Å². The zero-order valence-corrected chi connectivity index (χ0v) is 12.0. The van der Waals surface area contributed by atoms with Gasteiger partial charge in [0.05, 0.1) is 5.51 Å². The number of nitrogens with zero attached hydrogens (tertiary/aromatic N) is 2. The number of fused-ring (bicyclic) bond motifs is 2. The number of aliphatic carboxylic acids is 1. The molecule has 0 aliphatic carbocycles. The van der Waals surface area contributed by atoms with Crippen LogP contribution in [0.5, 0.6) is 0 Å². The molecule has 0 amide bonds. The van der Waals surface area contributed by atoms with Gasteiger partial charge in [0.2, 0.25) is 0 Å². The van der Waals surface area contributed by atoms with E-state index in [1.54, 1.807) is 11.3 Å². The zero-order chi connectivity index (χ0) is 13.4. The first-order valence-electron chi connectivity index (χ1n) is 7.02. The van der Waals surface area contributed by atoms with Crippen LogP contribution in [0.4, 0.5) is 0 Å². The molecule has 4 nitrogen and oxygen atoms in total. The first-order valence-corrected chi connectivity index (χ1v) is 7.90. The molecule has 0 saturated carbocycles. The lowest BCUT2D eigenvalue weighted by Crippen LogP contribution is -2.44. The summed E-state index contributed by atoms with van der Waals surface area (Å²) in [5, 5.41) is 8.96. The molecule has 0 spiro atoms. The Morgan fingerprint density at radius 3 is 2.74 bits per heavy atom. The van der Waals surface area contributed by atoms with Crippen molar-refractivity contribution in [2.45, 2.75) is 57.2 Å².